The summed E-state index contributed by atoms with van der Waals surface area (Å²) in [4.78, 5) is 27.6. The van der Waals surface area contributed by atoms with Crippen molar-refractivity contribution < 1.29 is 23.1 Å². The van der Waals surface area contributed by atoms with Crippen LogP contribution in [0.2, 0.25) is 0 Å². The van der Waals surface area contributed by atoms with Crippen LogP contribution >= 0.6 is 0 Å². The summed E-state index contributed by atoms with van der Waals surface area (Å²) < 4.78 is 32.5. The van der Waals surface area contributed by atoms with Crippen molar-refractivity contribution >= 4 is 28.8 Å². The van der Waals surface area contributed by atoms with Crippen molar-refractivity contribution in [3.05, 3.63) is 95.7 Å². The van der Waals surface area contributed by atoms with Crippen molar-refractivity contribution in [3.63, 3.8) is 0 Å². The number of anilines is 2. The van der Waals surface area contributed by atoms with Gasteiger partial charge in [0.1, 0.15) is 23.1 Å². The Morgan fingerprint density at radius 2 is 1.53 bits per heavy atom. The first kappa shape index (κ1) is 21.2. The minimum Gasteiger partial charge on any atom is -0.494 e. The molecule has 0 spiro atoms. The van der Waals surface area contributed by atoms with Gasteiger partial charge in [-0.25, -0.2) is 13.7 Å². The van der Waals surface area contributed by atoms with Gasteiger partial charge in [0.25, 0.3) is 11.8 Å². The number of ether oxygens (including phenoxy) is 1. The average molecular weight is 434 g/mol. The number of hydrogen-bond acceptors (Lipinski definition) is 4. The summed E-state index contributed by atoms with van der Waals surface area (Å²) in [7, 11) is 0. The van der Waals surface area contributed by atoms with Crippen molar-refractivity contribution in [1.82, 2.24) is 0 Å². The van der Waals surface area contributed by atoms with E-state index in [0.717, 1.165) is 11.3 Å². The van der Waals surface area contributed by atoms with Crippen LogP contribution in [0.25, 0.3) is 5.57 Å². The van der Waals surface area contributed by atoms with Gasteiger partial charge in [-0.05, 0) is 60.5 Å². The molecule has 7 heteroatoms. The van der Waals surface area contributed by atoms with Gasteiger partial charge < -0.3 is 10.1 Å². The summed E-state index contributed by atoms with van der Waals surface area (Å²) >= 11 is 0. The van der Waals surface area contributed by atoms with E-state index in [0.29, 0.717) is 23.6 Å². The number of carbonyl (C=O) groups is 2. The topological polar surface area (TPSA) is 58.6 Å². The third-order valence-electron chi connectivity index (χ3n) is 4.88. The van der Waals surface area contributed by atoms with E-state index in [4.69, 9.17) is 4.74 Å². The monoisotopic (exact) mass is 434 g/mol. The quantitative estimate of drug-likeness (QED) is 0.523. The molecule has 0 fully saturated rings. The first-order valence-electron chi connectivity index (χ1n) is 10.1. The molecule has 0 aromatic heterocycles. The van der Waals surface area contributed by atoms with Gasteiger partial charge in [-0.1, -0.05) is 25.1 Å². The van der Waals surface area contributed by atoms with Crippen molar-refractivity contribution in [2.75, 3.05) is 16.8 Å². The highest BCUT2D eigenvalue weighted by atomic mass is 19.1. The van der Waals surface area contributed by atoms with Crippen molar-refractivity contribution in [1.29, 1.82) is 0 Å². The Morgan fingerprint density at radius 3 is 2.19 bits per heavy atom. The highest BCUT2D eigenvalue weighted by molar-refractivity contribution is 6.46. The lowest BCUT2D eigenvalue weighted by Crippen LogP contribution is -2.32. The lowest BCUT2D eigenvalue weighted by molar-refractivity contribution is -0.120. The number of nitrogens with one attached hydrogen (secondary N) is 1. The summed E-state index contributed by atoms with van der Waals surface area (Å²) in [6, 6.07) is 17.4. The van der Waals surface area contributed by atoms with E-state index in [1.165, 1.54) is 48.5 Å². The van der Waals surface area contributed by atoms with Crippen LogP contribution in [0.3, 0.4) is 0 Å². The van der Waals surface area contributed by atoms with E-state index in [1.807, 2.05) is 6.92 Å². The molecule has 1 heterocycles. The minimum absolute atomic E-state index is 0.0403. The Bertz CT molecular complexity index is 1190. The zero-order valence-corrected chi connectivity index (χ0v) is 17.3. The van der Waals surface area contributed by atoms with Crippen LogP contribution in [-0.2, 0) is 9.59 Å². The lowest BCUT2D eigenvalue weighted by atomic mass is 10.0. The standard InChI is InChI=1S/C25H20F2N2O3/c1-2-14-32-21-5-3-4-19(15-21)28-23-22(16-6-8-17(26)9-7-16)24(30)29(25(23)31)20-12-10-18(27)11-13-20/h3-13,15,28H,2,14H2,1H3. The average Bonchev–Trinajstić information content (AvgIpc) is 3.03. The van der Waals surface area contributed by atoms with Crippen LogP contribution in [-0.4, -0.2) is 18.4 Å². The fourth-order valence-electron chi connectivity index (χ4n) is 3.38. The molecule has 2 amide bonds. The van der Waals surface area contributed by atoms with Crippen LogP contribution in [0.1, 0.15) is 18.9 Å². The first-order chi connectivity index (χ1) is 15.5. The Hall–Kier alpha value is -4.00. The van der Waals surface area contributed by atoms with Crippen LogP contribution in [0.4, 0.5) is 20.2 Å². The minimum atomic E-state index is -0.596. The largest absolute Gasteiger partial charge is 0.494 e. The third kappa shape index (κ3) is 4.23. The summed E-state index contributed by atoms with van der Waals surface area (Å²) in [5.74, 6) is -1.51. The molecule has 3 aromatic rings. The number of halogens is 2. The van der Waals surface area contributed by atoms with E-state index < -0.39 is 23.4 Å². The molecule has 0 radical (unpaired) electrons. The van der Waals surface area contributed by atoms with Gasteiger partial charge in [0, 0.05) is 11.8 Å². The van der Waals surface area contributed by atoms with Gasteiger partial charge in [-0.3, -0.25) is 9.59 Å². The van der Waals surface area contributed by atoms with Crippen LogP contribution in [0.15, 0.2) is 78.5 Å². The molecule has 5 nitrogen and oxygen atoms in total. The normalized spacial score (nSPS) is 13.7. The van der Waals surface area contributed by atoms with E-state index in [9.17, 15) is 18.4 Å². The first-order valence-corrected chi connectivity index (χ1v) is 10.1. The zero-order valence-electron chi connectivity index (χ0n) is 17.3. The molecule has 0 bridgehead atoms. The molecule has 1 aliphatic rings. The molecule has 0 saturated carbocycles. The zero-order chi connectivity index (χ0) is 22.7. The Morgan fingerprint density at radius 1 is 0.875 bits per heavy atom. The lowest BCUT2D eigenvalue weighted by Gasteiger charge is -2.15. The van der Waals surface area contributed by atoms with Gasteiger partial charge in [0.15, 0.2) is 0 Å². The highest BCUT2D eigenvalue weighted by Gasteiger charge is 2.40. The van der Waals surface area contributed by atoms with Crippen molar-refractivity contribution in [3.8, 4) is 5.75 Å². The molecular formula is C25H20F2N2O3. The molecule has 0 saturated heterocycles. The van der Waals surface area contributed by atoms with Crippen LogP contribution in [0.5, 0.6) is 5.75 Å². The smallest absolute Gasteiger partial charge is 0.282 e. The van der Waals surface area contributed by atoms with Gasteiger partial charge in [0.2, 0.25) is 0 Å². The van der Waals surface area contributed by atoms with Crippen molar-refractivity contribution in [2.24, 2.45) is 0 Å². The molecule has 0 unspecified atom stereocenters. The maximum atomic E-state index is 13.5. The Labute approximate surface area is 183 Å². The van der Waals surface area contributed by atoms with Crippen LogP contribution in [0, 0.1) is 11.6 Å². The van der Waals surface area contributed by atoms with E-state index in [1.54, 1.807) is 24.3 Å². The summed E-state index contributed by atoms with van der Waals surface area (Å²) in [5.41, 5.74) is 1.31. The molecule has 32 heavy (non-hydrogen) atoms. The number of nitrogens with zero attached hydrogens (tertiary/aromatic N) is 1. The maximum Gasteiger partial charge on any atom is 0.282 e. The van der Waals surface area contributed by atoms with E-state index >= 15 is 0 Å². The molecule has 162 valence electrons. The Kier molecular flexibility index (Phi) is 5.98. The fourth-order valence-corrected chi connectivity index (χ4v) is 3.38. The second kappa shape index (κ2) is 9.01. The molecule has 0 atom stereocenters. The molecule has 1 aliphatic heterocycles. The summed E-state index contributed by atoms with van der Waals surface area (Å²) in [6.45, 7) is 2.54. The van der Waals surface area contributed by atoms with Gasteiger partial charge in [-0.2, -0.15) is 0 Å². The van der Waals surface area contributed by atoms with Crippen molar-refractivity contribution in [2.45, 2.75) is 13.3 Å². The van der Waals surface area contributed by atoms with Gasteiger partial charge in [-0.15, -0.1) is 0 Å². The maximum absolute atomic E-state index is 13.5. The molecular weight excluding hydrogens is 414 g/mol. The number of carbonyl (C=O) groups excluding carboxylic acids is 2. The van der Waals surface area contributed by atoms with E-state index in [-0.39, 0.29) is 17.0 Å². The fraction of sp³-hybridized carbons (Fsp3) is 0.120. The number of imide groups is 1. The molecule has 4 rings (SSSR count). The molecule has 1 N–H and O–H groups in total. The predicted molar refractivity (Wildman–Crippen MR) is 118 cm³/mol. The number of hydrogen-bond donors (Lipinski definition) is 1. The van der Waals surface area contributed by atoms with Crippen LogP contribution < -0.4 is 15.0 Å². The second-order valence-corrected chi connectivity index (χ2v) is 7.18. The highest BCUT2D eigenvalue weighted by Crippen LogP contribution is 2.34. The second-order valence-electron chi connectivity index (χ2n) is 7.18. The summed E-state index contributed by atoms with van der Waals surface area (Å²) in [5, 5.41) is 3.03. The van der Waals surface area contributed by atoms with E-state index in [2.05, 4.69) is 5.32 Å². The molecule has 3 aromatic carbocycles. The SMILES string of the molecule is CCCOc1cccc(NC2=C(c3ccc(F)cc3)C(=O)N(c3ccc(F)cc3)C2=O)c1. The summed E-state index contributed by atoms with van der Waals surface area (Å²) in [6.07, 6.45) is 0.844. The Balaban J connectivity index is 1.75. The number of amides is 2. The van der Waals surface area contributed by atoms with Gasteiger partial charge >= 0.3 is 0 Å². The number of rotatable bonds is 7. The predicted octanol–water partition coefficient (Wildman–Crippen LogP) is 5.15. The number of benzene rings is 3. The molecule has 0 aliphatic carbocycles. The third-order valence-corrected chi connectivity index (χ3v) is 4.88. The van der Waals surface area contributed by atoms with Gasteiger partial charge in [0.05, 0.1) is 17.9 Å².